The molecule has 1 aliphatic rings. The lowest BCUT2D eigenvalue weighted by Crippen LogP contribution is -2.44. The summed E-state index contributed by atoms with van der Waals surface area (Å²) in [5.74, 6) is 0.934. The first-order chi connectivity index (χ1) is 17.2. The van der Waals surface area contributed by atoms with Crippen molar-refractivity contribution in [1.82, 2.24) is 9.80 Å². The lowest BCUT2D eigenvalue weighted by molar-refractivity contribution is 0.0351. The number of amides is 2. The van der Waals surface area contributed by atoms with Crippen LogP contribution >= 0.6 is 0 Å². The van der Waals surface area contributed by atoms with Gasteiger partial charge >= 0.3 is 6.03 Å². The van der Waals surface area contributed by atoms with Crippen LogP contribution in [-0.4, -0.2) is 68.9 Å². The van der Waals surface area contributed by atoms with E-state index in [9.17, 15) is 4.79 Å². The number of ether oxygens (including phenoxy) is 2. The van der Waals surface area contributed by atoms with Gasteiger partial charge in [-0.1, -0.05) is 66.7 Å². The van der Waals surface area contributed by atoms with Crippen molar-refractivity contribution in [3.05, 3.63) is 96.1 Å². The number of hydrogen-bond donors (Lipinski definition) is 1. The van der Waals surface area contributed by atoms with Gasteiger partial charge in [0.05, 0.1) is 20.3 Å². The quantitative estimate of drug-likeness (QED) is 0.446. The van der Waals surface area contributed by atoms with Crippen molar-refractivity contribution in [2.45, 2.75) is 12.3 Å². The number of urea groups is 1. The molecule has 2 amide bonds. The zero-order chi connectivity index (χ0) is 24.3. The standard InChI is InChI=1S/C29H35N3O3/c1-34-27-14-8-13-26(23-27)30-29(33)32(18-17-31-19-21-35-22-20-31)16-15-28(24-9-4-2-5-10-24)25-11-6-3-7-12-25/h2-14,23,28H,15-22H2,1H3,(H,30,33). The second-order valence-corrected chi connectivity index (χ2v) is 8.77. The molecule has 1 N–H and O–H groups in total. The smallest absolute Gasteiger partial charge is 0.321 e. The summed E-state index contributed by atoms with van der Waals surface area (Å²) in [6.45, 7) is 5.45. The first-order valence-corrected chi connectivity index (χ1v) is 12.3. The summed E-state index contributed by atoms with van der Waals surface area (Å²) in [5, 5.41) is 3.07. The minimum absolute atomic E-state index is 0.0913. The van der Waals surface area contributed by atoms with Crippen LogP contribution in [0.3, 0.4) is 0 Å². The molecule has 1 fully saturated rings. The average molecular weight is 474 g/mol. The molecule has 0 atom stereocenters. The first kappa shape index (κ1) is 24.8. The molecule has 0 aromatic heterocycles. The Morgan fingerprint density at radius 1 is 0.943 bits per heavy atom. The van der Waals surface area contributed by atoms with E-state index in [0.717, 1.165) is 50.7 Å². The Bertz CT molecular complexity index is 1000. The summed E-state index contributed by atoms with van der Waals surface area (Å²) in [6, 6.07) is 28.5. The van der Waals surface area contributed by atoms with Crippen LogP contribution in [0.2, 0.25) is 0 Å². The Morgan fingerprint density at radius 3 is 2.23 bits per heavy atom. The second-order valence-electron chi connectivity index (χ2n) is 8.77. The maximum absolute atomic E-state index is 13.4. The van der Waals surface area contributed by atoms with Gasteiger partial charge in [-0.25, -0.2) is 4.79 Å². The number of anilines is 1. The van der Waals surface area contributed by atoms with Crippen molar-refractivity contribution < 1.29 is 14.3 Å². The van der Waals surface area contributed by atoms with Crippen LogP contribution in [0.4, 0.5) is 10.5 Å². The third-order valence-electron chi connectivity index (χ3n) is 6.49. The minimum atomic E-state index is -0.0913. The fourth-order valence-corrected chi connectivity index (χ4v) is 4.49. The van der Waals surface area contributed by atoms with Crippen LogP contribution in [0.5, 0.6) is 5.75 Å². The number of rotatable bonds is 10. The number of methoxy groups -OCH3 is 1. The van der Waals surface area contributed by atoms with Crippen molar-refractivity contribution in [3.63, 3.8) is 0 Å². The molecule has 184 valence electrons. The van der Waals surface area contributed by atoms with Gasteiger partial charge in [0.2, 0.25) is 0 Å². The van der Waals surface area contributed by atoms with Crippen LogP contribution < -0.4 is 10.1 Å². The SMILES string of the molecule is COc1cccc(NC(=O)N(CCC(c2ccccc2)c2ccccc2)CCN2CCOCC2)c1. The van der Waals surface area contributed by atoms with E-state index in [1.807, 2.05) is 41.3 Å². The lowest BCUT2D eigenvalue weighted by atomic mass is 9.88. The van der Waals surface area contributed by atoms with Gasteiger partial charge in [0.1, 0.15) is 5.75 Å². The number of nitrogens with zero attached hydrogens (tertiary/aromatic N) is 2. The number of benzene rings is 3. The molecule has 6 heteroatoms. The lowest BCUT2D eigenvalue weighted by Gasteiger charge is -2.31. The molecule has 0 bridgehead atoms. The first-order valence-electron chi connectivity index (χ1n) is 12.3. The molecule has 4 rings (SSSR count). The molecule has 1 saturated heterocycles. The maximum Gasteiger partial charge on any atom is 0.321 e. The maximum atomic E-state index is 13.4. The Morgan fingerprint density at radius 2 is 1.60 bits per heavy atom. The Kier molecular flexibility index (Phi) is 9.15. The van der Waals surface area contributed by atoms with Gasteiger partial charge in [0.15, 0.2) is 0 Å². The van der Waals surface area contributed by atoms with Crippen LogP contribution in [0.15, 0.2) is 84.9 Å². The molecule has 0 radical (unpaired) electrons. The van der Waals surface area contributed by atoms with Crippen LogP contribution in [0.1, 0.15) is 23.5 Å². The van der Waals surface area contributed by atoms with Gasteiger partial charge in [-0.15, -0.1) is 0 Å². The normalized spacial score (nSPS) is 14.0. The average Bonchev–Trinajstić information content (AvgIpc) is 2.92. The van der Waals surface area contributed by atoms with E-state index in [-0.39, 0.29) is 11.9 Å². The number of carbonyl (C=O) groups excluding carboxylic acids is 1. The number of nitrogens with one attached hydrogen (secondary N) is 1. The van der Waals surface area contributed by atoms with Gasteiger partial charge in [0.25, 0.3) is 0 Å². The summed E-state index contributed by atoms with van der Waals surface area (Å²) < 4.78 is 10.8. The number of hydrogen-bond acceptors (Lipinski definition) is 4. The highest BCUT2D eigenvalue weighted by Gasteiger charge is 2.21. The molecule has 35 heavy (non-hydrogen) atoms. The van der Waals surface area contributed by atoms with E-state index in [1.165, 1.54) is 11.1 Å². The molecule has 0 saturated carbocycles. The van der Waals surface area contributed by atoms with E-state index in [2.05, 4.69) is 58.7 Å². The van der Waals surface area contributed by atoms with Crippen LogP contribution in [0, 0.1) is 0 Å². The van der Waals surface area contributed by atoms with E-state index in [1.54, 1.807) is 7.11 Å². The number of carbonyl (C=O) groups is 1. The highest BCUT2D eigenvalue weighted by molar-refractivity contribution is 5.89. The van der Waals surface area contributed by atoms with Crippen molar-refractivity contribution in [2.24, 2.45) is 0 Å². The van der Waals surface area contributed by atoms with Gasteiger partial charge < -0.3 is 19.7 Å². The summed E-state index contributed by atoms with van der Waals surface area (Å²) in [6.07, 6.45) is 0.836. The molecular formula is C29H35N3O3. The molecule has 3 aromatic rings. The van der Waals surface area contributed by atoms with Gasteiger partial charge in [-0.3, -0.25) is 4.90 Å². The van der Waals surface area contributed by atoms with Crippen LogP contribution in [-0.2, 0) is 4.74 Å². The predicted octanol–water partition coefficient (Wildman–Crippen LogP) is 5.08. The molecule has 1 aliphatic heterocycles. The fourth-order valence-electron chi connectivity index (χ4n) is 4.49. The van der Waals surface area contributed by atoms with Crippen molar-refractivity contribution in [1.29, 1.82) is 0 Å². The van der Waals surface area contributed by atoms with Crippen molar-refractivity contribution in [2.75, 3.05) is 58.4 Å². The summed E-state index contributed by atoms with van der Waals surface area (Å²) in [5.41, 5.74) is 3.26. The fraction of sp³-hybridized carbons (Fsp3) is 0.345. The van der Waals surface area contributed by atoms with Gasteiger partial charge in [0, 0.05) is 50.4 Å². The molecule has 6 nitrogen and oxygen atoms in total. The van der Waals surface area contributed by atoms with Crippen LogP contribution in [0.25, 0.3) is 0 Å². The summed E-state index contributed by atoms with van der Waals surface area (Å²) >= 11 is 0. The molecule has 1 heterocycles. The highest BCUT2D eigenvalue weighted by atomic mass is 16.5. The Balaban J connectivity index is 1.49. The largest absolute Gasteiger partial charge is 0.497 e. The third-order valence-corrected chi connectivity index (χ3v) is 6.49. The zero-order valence-electron chi connectivity index (χ0n) is 20.4. The topological polar surface area (TPSA) is 54.0 Å². The zero-order valence-corrected chi connectivity index (χ0v) is 20.4. The van der Waals surface area contributed by atoms with Crippen molar-refractivity contribution >= 4 is 11.7 Å². The van der Waals surface area contributed by atoms with Gasteiger partial charge in [-0.2, -0.15) is 0 Å². The molecule has 3 aromatic carbocycles. The molecule has 0 unspecified atom stereocenters. The molecule has 0 aliphatic carbocycles. The van der Waals surface area contributed by atoms with E-state index < -0.39 is 0 Å². The molecule has 0 spiro atoms. The minimum Gasteiger partial charge on any atom is -0.497 e. The number of morpholine rings is 1. The van der Waals surface area contributed by atoms with E-state index in [0.29, 0.717) is 13.1 Å². The monoisotopic (exact) mass is 473 g/mol. The Hall–Kier alpha value is -3.35. The highest BCUT2D eigenvalue weighted by Crippen LogP contribution is 2.28. The predicted molar refractivity (Wildman–Crippen MR) is 140 cm³/mol. The van der Waals surface area contributed by atoms with Crippen molar-refractivity contribution in [3.8, 4) is 5.75 Å². The third kappa shape index (κ3) is 7.31. The second kappa shape index (κ2) is 12.9. The van der Waals surface area contributed by atoms with Gasteiger partial charge in [-0.05, 0) is 29.7 Å². The van der Waals surface area contributed by atoms with E-state index >= 15 is 0 Å². The molecular weight excluding hydrogens is 438 g/mol. The summed E-state index contributed by atoms with van der Waals surface area (Å²) in [7, 11) is 1.63. The van der Waals surface area contributed by atoms with E-state index in [4.69, 9.17) is 9.47 Å². The Labute approximate surface area is 208 Å². The summed E-state index contributed by atoms with van der Waals surface area (Å²) in [4.78, 5) is 17.7.